The number of hydrogen-bond donors (Lipinski definition) is 0. The largest absolute Gasteiger partial charge is 0.494 e. The molecule has 0 bridgehead atoms. The highest BCUT2D eigenvalue weighted by Gasteiger charge is 2.36. The summed E-state index contributed by atoms with van der Waals surface area (Å²) in [6.45, 7) is 3.04. The predicted octanol–water partition coefficient (Wildman–Crippen LogP) is 4.54. The zero-order valence-corrected chi connectivity index (χ0v) is 15.3. The number of ether oxygens (including phenoxy) is 1. The molecule has 0 atom stereocenters. The van der Waals surface area contributed by atoms with Crippen LogP contribution < -0.4 is 9.64 Å². The summed E-state index contributed by atoms with van der Waals surface area (Å²) in [4.78, 5) is 26.0. The van der Waals surface area contributed by atoms with Gasteiger partial charge in [0.05, 0.1) is 17.9 Å². The van der Waals surface area contributed by atoms with Crippen LogP contribution in [0.15, 0.2) is 60.7 Å². The van der Waals surface area contributed by atoms with Crippen molar-refractivity contribution in [2.75, 3.05) is 18.1 Å². The van der Waals surface area contributed by atoms with E-state index in [-0.39, 0.29) is 0 Å². The van der Waals surface area contributed by atoms with E-state index in [0.29, 0.717) is 18.7 Å². The molecular weight excluding hydrogens is 338 g/mol. The van der Waals surface area contributed by atoms with E-state index in [2.05, 4.69) is 18.2 Å². The van der Waals surface area contributed by atoms with Crippen LogP contribution in [0.5, 0.6) is 5.75 Å². The van der Waals surface area contributed by atoms with Crippen molar-refractivity contribution in [3.63, 3.8) is 0 Å². The van der Waals surface area contributed by atoms with Gasteiger partial charge in [0.2, 0.25) is 0 Å². The molecule has 4 nitrogen and oxygen atoms in total. The third-order valence-electron chi connectivity index (χ3n) is 4.96. The van der Waals surface area contributed by atoms with Crippen LogP contribution in [0.25, 0.3) is 10.8 Å². The molecule has 3 aromatic carbocycles. The molecule has 3 aromatic rings. The highest BCUT2D eigenvalue weighted by molar-refractivity contribution is 6.52. The summed E-state index contributed by atoms with van der Waals surface area (Å²) >= 11 is 0. The third kappa shape index (κ3) is 3.31. The SMILES string of the molecule is Cc1cccc2c1N(CCCCOc1ccc3ccccc3c1)C(=O)C2=O. The van der Waals surface area contributed by atoms with E-state index >= 15 is 0 Å². The number of anilines is 1. The van der Waals surface area contributed by atoms with Gasteiger partial charge in [0.25, 0.3) is 11.7 Å². The number of Topliss-reactive ketones (excluding diaryl/α,β-unsaturated/α-hetero) is 1. The molecule has 0 spiro atoms. The lowest BCUT2D eigenvalue weighted by Crippen LogP contribution is -2.31. The number of carbonyl (C=O) groups excluding carboxylic acids is 2. The summed E-state index contributed by atoms with van der Waals surface area (Å²) in [7, 11) is 0. The van der Waals surface area contributed by atoms with Gasteiger partial charge in [-0.15, -0.1) is 0 Å². The Labute approximate surface area is 158 Å². The number of amides is 1. The van der Waals surface area contributed by atoms with Crippen LogP contribution in [0, 0.1) is 6.92 Å². The van der Waals surface area contributed by atoms with Crippen molar-refractivity contribution in [2.45, 2.75) is 19.8 Å². The zero-order valence-electron chi connectivity index (χ0n) is 15.3. The number of ketones is 1. The van der Waals surface area contributed by atoms with Crippen LogP contribution in [-0.2, 0) is 4.79 Å². The molecule has 0 radical (unpaired) electrons. The molecule has 4 heteroatoms. The van der Waals surface area contributed by atoms with Gasteiger partial charge in [-0.25, -0.2) is 0 Å². The molecule has 1 amide bonds. The standard InChI is InChI=1S/C23H21NO3/c1-16-7-6-10-20-21(16)24(23(26)22(20)25)13-4-5-14-27-19-12-11-17-8-2-3-9-18(17)15-19/h2-3,6-12,15H,4-5,13-14H2,1H3. The average molecular weight is 359 g/mol. The molecule has 0 saturated heterocycles. The lowest BCUT2D eigenvalue weighted by molar-refractivity contribution is -0.114. The van der Waals surface area contributed by atoms with Crippen LogP contribution in [-0.4, -0.2) is 24.8 Å². The lowest BCUT2D eigenvalue weighted by atomic mass is 10.1. The maximum Gasteiger partial charge on any atom is 0.299 e. The molecular formula is C23H21NO3. The molecule has 0 N–H and O–H groups in total. The molecule has 27 heavy (non-hydrogen) atoms. The Morgan fingerprint density at radius 3 is 2.56 bits per heavy atom. The number of unbranched alkanes of at least 4 members (excludes halogenated alkanes) is 1. The molecule has 1 heterocycles. The van der Waals surface area contributed by atoms with Crippen molar-refractivity contribution < 1.29 is 14.3 Å². The number of hydrogen-bond acceptors (Lipinski definition) is 3. The Hall–Kier alpha value is -3.14. The minimum atomic E-state index is -0.422. The fourth-order valence-electron chi connectivity index (χ4n) is 3.57. The number of fused-ring (bicyclic) bond motifs is 2. The van der Waals surface area contributed by atoms with Crippen molar-refractivity contribution >= 4 is 28.2 Å². The zero-order chi connectivity index (χ0) is 18.8. The number of rotatable bonds is 6. The number of carbonyl (C=O) groups is 2. The summed E-state index contributed by atoms with van der Waals surface area (Å²) in [5.41, 5.74) is 2.24. The van der Waals surface area contributed by atoms with E-state index in [9.17, 15) is 9.59 Å². The Balaban J connectivity index is 1.33. The Kier molecular flexibility index (Phi) is 4.63. The Morgan fingerprint density at radius 1 is 0.889 bits per heavy atom. The van der Waals surface area contributed by atoms with Gasteiger partial charge in [-0.2, -0.15) is 0 Å². The summed E-state index contributed by atoms with van der Waals surface area (Å²) in [6.07, 6.45) is 1.59. The van der Waals surface area contributed by atoms with Gasteiger partial charge in [0, 0.05) is 6.54 Å². The first-order valence-electron chi connectivity index (χ1n) is 9.22. The fourth-order valence-corrected chi connectivity index (χ4v) is 3.57. The molecule has 0 unspecified atom stereocenters. The molecule has 1 aliphatic rings. The Bertz CT molecular complexity index is 1030. The summed E-state index contributed by atoms with van der Waals surface area (Å²) in [5, 5.41) is 2.35. The first-order valence-corrected chi connectivity index (χ1v) is 9.22. The topological polar surface area (TPSA) is 46.6 Å². The van der Waals surface area contributed by atoms with Crippen LogP contribution in [0.2, 0.25) is 0 Å². The summed E-state index contributed by atoms with van der Waals surface area (Å²) in [6, 6.07) is 19.7. The van der Waals surface area contributed by atoms with E-state index in [0.717, 1.165) is 35.2 Å². The highest BCUT2D eigenvalue weighted by atomic mass is 16.5. The smallest absolute Gasteiger partial charge is 0.299 e. The number of benzene rings is 3. The summed E-state index contributed by atoms with van der Waals surface area (Å²) in [5.74, 6) is 0.0261. The maximum atomic E-state index is 12.3. The third-order valence-corrected chi connectivity index (χ3v) is 4.96. The molecule has 4 rings (SSSR count). The van der Waals surface area contributed by atoms with Crippen LogP contribution in [0.1, 0.15) is 28.8 Å². The molecule has 1 aliphatic heterocycles. The Morgan fingerprint density at radius 2 is 1.70 bits per heavy atom. The van der Waals surface area contributed by atoms with Crippen molar-refractivity contribution in [1.82, 2.24) is 0 Å². The van der Waals surface area contributed by atoms with E-state index < -0.39 is 11.7 Å². The van der Waals surface area contributed by atoms with Crippen LogP contribution in [0.3, 0.4) is 0 Å². The van der Waals surface area contributed by atoms with E-state index in [1.807, 2.05) is 43.3 Å². The van der Waals surface area contributed by atoms with Crippen LogP contribution in [0.4, 0.5) is 5.69 Å². The number of nitrogens with zero attached hydrogens (tertiary/aromatic N) is 1. The van der Waals surface area contributed by atoms with Crippen molar-refractivity contribution in [2.24, 2.45) is 0 Å². The van der Waals surface area contributed by atoms with Gasteiger partial charge >= 0.3 is 0 Å². The lowest BCUT2D eigenvalue weighted by Gasteiger charge is -2.18. The van der Waals surface area contributed by atoms with Crippen LogP contribution >= 0.6 is 0 Å². The van der Waals surface area contributed by atoms with Gasteiger partial charge < -0.3 is 9.64 Å². The minimum absolute atomic E-state index is 0.402. The highest BCUT2D eigenvalue weighted by Crippen LogP contribution is 2.32. The molecule has 0 fully saturated rings. The first-order chi connectivity index (χ1) is 13.1. The van der Waals surface area contributed by atoms with Gasteiger partial charge in [-0.1, -0.05) is 42.5 Å². The number of aryl methyl sites for hydroxylation is 1. The minimum Gasteiger partial charge on any atom is -0.494 e. The second-order valence-electron chi connectivity index (χ2n) is 6.82. The molecule has 0 saturated carbocycles. The van der Waals surface area contributed by atoms with Crippen molar-refractivity contribution in [3.05, 3.63) is 71.8 Å². The molecule has 0 aromatic heterocycles. The second kappa shape index (κ2) is 7.23. The average Bonchev–Trinajstić information content (AvgIpc) is 2.93. The van der Waals surface area contributed by atoms with E-state index in [1.165, 1.54) is 5.39 Å². The van der Waals surface area contributed by atoms with Crippen molar-refractivity contribution in [1.29, 1.82) is 0 Å². The fraction of sp³-hybridized carbons (Fsp3) is 0.217. The monoisotopic (exact) mass is 359 g/mol. The molecule has 136 valence electrons. The predicted molar refractivity (Wildman–Crippen MR) is 107 cm³/mol. The summed E-state index contributed by atoms with van der Waals surface area (Å²) < 4.78 is 5.85. The first kappa shape index (κ1) is 17.3. The van der Waals surface area contributed by atoms with Gasteiger partial charge in [-0.3, -0.25) is 9.59 Å². The normalized spacial score (nSPS) is 13.3. The quantitative estimate of drug-likeness (QED) is 0.480. The second-order valence-corrected chi connectivity index (χ2v) is 6.82. The molecule has 0 aliphatic carbocycles. The van der Waals surface area contributed by atoms with Gasteiger partial charge in [0.15, 0.2) is 0 Å². The van der Waals surface area contributed by atoms with E-state index in [4.69, 9.17) is 4.74 Å². The van der Waals surface area contributed by atoms with Gasteiger partial charge in [-0.05, 0) is 54.3 Å². The maximum absolute atomic E-state index is 12.3. The van der Waals surface area contributed by atoms with Crippen molar-refractivity contribution in [3.8, 4) is 5.75 Å². The van der Waals surface area contributed by atoms with Gasteiger partial charge in [0.1, 0.15) is 5.75 Å². The van der Waals surface area contributed by atoms with E-state index in [1.54, 1.807) is 11.0 Å². The number of para-hydroxylation sites is 1.